The van der Waals surface area contributed by atoms with Crippen molar-refractivity contribution in [2.75, 3.05) is 0 Å². The molecule has 0 atom stereocenters. The van der Waals surface area contributed by atoms with E-state index in [0.29, 0.717) is 22.5 Å². The molecule has 166 valence electrons. The maximum absolute atomic E-state index is 6.10. The zero-order valence-corrected chi connectivity index (χ0v) is 19.5. The van der Waals surface area contributed by atoms with Crippen LogP contribution < -0.4 is 0 Å². The van der Waals surface area contributed by atoms with Crippen molar-refractivity contribution in [2.24, 2.45) is 0 Å². The lowest BCUT2D eigenvalue weighted by Crippen LogP contribution is -2.00. The van der Waals surface area contributed by atoms with Crippen molar-refractivity contribution in [1.29, 1.82) is 0 Å². The Morgan fingerprint density at radius 1 is 0.371 bits per heavy atom. The molecule has 0 N–H and O–H groups in total. The van der Waals surface area contributed by atoms with E-state index in [1.807, 2.05) is 54.6 Å². The number of rotatable bonds is 4. The Hall–Kier alpha value is -4.34. The Morgan fingerprint density at radius 2 is 0.829 bits per heavy atom. The van der Waals surface area contributed by atoms with Gasteiger partial charge in [-0.3, -0.25) is 0 Å². The first-order chi connectivity index (χ1) is 17.2. The summed E-state index contributed by atoms with van der Waals surface area (Å²) in [5.41, 5.74) is 5.10. The van der Waals surface area contributed by atoms with Crippen LogP contribution in [-0.2, 0) is 0 Å². The SMILES string of the molecule is Clc1ccc(-c2nc(-c3ccccc3)nc(-c3ccc(-c4ccc5ccccc5c4)cc3)n2)cc1. The van der Waals surface area contributed by atoms with Gasteiger partial charge in [-0.1, -0.05) is 103 Å². The van der Waals surface area contributed by atoms with E-state index in [1.165, 1.54) is 16.3 Å². The van der Waals surface area contributed by atoms with Crippen LogP contribution in [0.2, 0.25) is 5.02 Å². The smallest absolute Gasteiger partial charge is 0.164 e. The van der Waals surface area contributed by atoms with Gasteiger partial charge in [0, 0.05) is 21.7 Å². The molecular formula is C31H20ClN3. The second kappa shape index (κ2) is 9.13. The molecule has 3 nitrogen and oxygen atoms in total. The number of halogens is 1. The fourth-order valence-electron chi connectivity index (χ4n) is 4.13. The van der Waals surface area contributed by atoms with Gasteiger partial charge < -0.3 is 0 Å². The van der Waals surface area contributed by atoms with E-state index in [9.17, 15) is 0 Å². The van der Waals surface area contributed by atoms with Crippen molar-refractivity contribution < 1.29 is 0 Å². The second-order valence-corrected chi connectivity index (χ2v) is 8.75. The van der Waals surface area contributed by atoms with Crippen LogP contribution in [0.25, 0.3) is 56.1 Å². The third kappa shape index (κ3) is 4.42. The summed E-state index contributed by atoms with van der Waals surface area (Å²) in [6.07, 6.45) is 0. The van der Waals surface area contributed by atoms with Crippen molar-refractivity contribution in [3.8, 4) is 45.3 Å². The number of nitrogens with zero attached hydrogens (tertiary/aromatic N) is 3. The highest BCUT2D eigenvalue weighted by Gasteiger charge is 2.12. The normalized spacial score (nSPS) is 11.0. The molecule has 0 saturated carbocycles. The maximum atomic E-state index is 6.10. The monoisotopic (exact) mass is 469 g/mol. The van der Waals surface area contributed by atoms with Gasteiger partial charge in [0.15, 0.2) is 17.5 Å². The van der Waals surface area contributed by atoms with Crippen molar-refractivity contribution in [1.82, 2.24) is 15.0 Å². The highest BCUT2D eigenvalue weighted by Crippen LogP contribution is 2.29. The average Bonchev–Trinajstić information content (AvgIpc) is 2.93. The molecule has 0 fully saturated rings. The van der Waals surface area contributed by atoms with E-state index in [0.717, 1.165) is 22.3 Å². The predicted molar refractivity (Wildman–Crippen MR) is 144 cm³/mol. The van der Waals surface area contributed by atoms with Gasteiger partial charge in [0.25, 0.3) is 0 Å². The highest BCUT2D eigenvalue weighted by atomic mass is 35.5. The Balaban J connectivity index is 1.42. The van der Waals surface area contributed by atoms with E-state index in [1.54, 1.807) is 0 Å². The molecule has 0 bridgehead atoms. The largest absolute Gasteiger partial charge is 0.208 e. The average molecular weight is 470 g/mol. The molecule has 0 saturated heterocycles. The maximum Gasteiger partial charge on any atom is 0.164 e. The van der Waals surface area contributed by atoms with Gasteiger partial charge in [-0.15, -0.1) is 0 Å². The summed E-state index contributed by atoms with van der Waals surface area (Å²) in [5.74, 6) is 1.89. The lowest BCUT2D eigenvalue weighted by Gasteiger charge is -2.09. The van der Waals surface area contributed by atoms with E-state index < -0.39 is 0 Å². The number of fused-ring (bicyclic) bond motifs is 1. The van der Waals surface area contributed by atoms with Crippen LogP contribution in [0.3, 0.4) is 0 Å². The minimum atomic E-state index is 0.615. The first-order valence-corrected chi connectivity index (χ1v) is 11.8. The summed E-state index contributed by atoms with van der Waals surface area (Å²) in [6.45, 7) is 0. The van der Waals surface area contributed by atoms with Gasteiger partial charge in [0.2, 0.25) is 0 Å². The first-order valence-electron chi connectivity index (χ1n) is 11.4. The quantitative estimate of drug-likeness (QED) is 0.260. The molecule has 1 aromatic heterocycles. The van der Waals surface area contributed by atoms with Crippen LogP contribution in [-0.4, -0.2) is 15.0 Å². The molecule has 0 amide bonds. The standard InChI is InChI=1S/C31H20ClN3/c32-28-18-16-25(17-19-28)31-34-29(23-7-2-1-3-8-23)33-30(35-31)24-13-10-22(11-14-24)27-15-12-21-6-4-5-9-26(21)20-27/h1-20H. The van der Waals surface area contributed by atoms with Crippen molar-refractivity contribution >= 4 is 22.4 Å². The molecular weight excluding hydrogens is 450 g/mol. The van der Waals surface area contributed by atoms with Gasteiger partial charge in [-0.05, 0) is 52.2 Å². The lowest BCUT2D eigenvalue weighted by atomic mass is 10.00. The van der Waals surface area contributed by atoms with Crippen molar-refractivity contribution in [3.63, 3.8) is 0 Å². The Bertz CT molecular complexity index is 1630. The van der Waals surface area contributed by atoms with E-state index in [2.05, 4.69) is 66.7 Å². The zero-order chi connectivity index (χ0) is 23.6. The Kier molecular flexibility index (Phi) is 5.53. The molecule has 5 aromatic carbocycles. The van der Waals surface area contributed by atoms with Crippen LogP contribution >= 0.6 is 11.6 Å². The topological polar surface area (TPSA) is 38.7 Å². The summed E-state index contributed by atoms with van der Waals surface area (Å²) in [6, 6.07) is 40.8. The lowest BCUT2D eigenvalue weighted by molar-refractivity contribution is 1.07. The van der Waals surface area contributed by atoms with Gasteiger partial charge in [-0.25, -0.2) is 15.0 Å². The van der Waals surface area contributed by atoms with Gasteiger partial charge >= 0.3 is 0 Å². The molecule has 0 aliphatic heterocycles. The number of hydrogen-bond acceptors (Lipinski definition) is 3. The predicted octanol–water partition coefficient (Wildman–Crippen LogP) is 8.35. The molecule has 0 radical (unpaired) electrons. The van der Waals surface area contributed by atoms with Gasteiger partial charge in [0.1, 0.15) is 0 Å². The summed E-state index contributed by atoms with van der Waals surface area (Å²) in [7, 11) is 0. The van der Waals surface area contributed by atoms with Crippen LogP contribution in [0, 0.1) is 0 Å². The minimum absolute atomic E-state index is 0.615. The van der Waals surface area contributed by atoms with Crippen molar-refractivity contribution in [3.05, 3.63) is 126 Å². The molecule has 35 heavy (non-hydrogen) atoms. The molecule has 6 aromatic rings. The van der Waals surface area contributed by atoms with Crippen LogP contribution in [0.4, 0.5) is 0 Å². The molecule has 0 unspecified atom stereocenters. The molecule has 0 aliphatic carbocycles. The fourth-order valence-corrected chi connectivity index (χ4v) is 4.26. The first kappa shape index (κ1) is 21.2. The molecule has 0 spiro atoms. The summed E-state index contributed by atoms with van der Waals surface area (Å²) < 4.78 is 0. The summed E-state index contributed by atoms with van der Waals surface area (Å²) in [5, 5.41) is 3.14. The number of hydrogen-bond donors (Lipinski definition) is 0. The third-order valence-electron chi connectivity index (χ3n) is 6.00. The molecule has 1 heterocycles. The van der Waals surface area contributed by atoms with Crippen LogP contribution in [0.15, 0.2) is 121 Å². The van der Waals surface area contributed by atoms with Crippen LogP contribution in [0.5, 0.6) is 0 Å². The number of aromatic nitrogens is 3. The van der Waals surface area contributed by atoms with Crippen LogP contribution in [0.1, 0.15) is 0 Å². The summed E-state index contributed by atoms with van der Waals surface area (Å²) >= 11 is 6.10. The Labute approximate surface area is 208 Å². The minimum Gasteiger partial charge on any atom is -0.208 e. The number of benzene rings is 5. The van der Waals surface area contributed by atoms with Gasteiger partial charge in [-0.2, -0.15) is 0 Å². The second-order valence-electron chi connectivity index (χ2n) is 8.32. The van der Waals surface area contributed by atoms with Gasteiger partial charge in [0.05, 0.1) is 0 Å². The molecule has 6 rings (SSSR count). The van der Waals surface area contributed by atoms with E-state index in [-0.39, 0.29) is 0 Å². The molecule has 0 aliphatic rings. The van der Waals surface area contributed by atoms with E-state index in [4.69, 9.17) is 26.6 Å². The Morgan fingerprint density at radius 3 is 1.46 bits per heavy atom. The molecule has 4 heteroatoms. The zero-order valence-electron chi connectivity index (χ0n) is 18.8. The fraction of sp³-hybridized carbons (Fsp3) is 0. The highest BCUT2D eigenvalue weighted by molar-refractivity contribution is 6.30. The van der Waals surface area contributed by atoms with E-state index >= 15 is 0 Å². The third-order valence-corrected chi connectivity index (χ3v) is 6.25. The summed E-state index contributed by atoms with van der Waals surface area (Å²) in [4.78, 5) is 14.4. The van der Waals surface area contributed by atoms with Crippen molar-refractivity contribution in [2.45, 2.75) is 0 Å².